The van der Waals surface area contributed by atoms with Crippen LogP contribution in [0.2, 0.25) is 0 Å². The summed E-state index contributed by atoms with van der Waals surface area (Å²) in [6.45, 7) is 3.74. The smallest absolute Gasteiger partial charge is 0.262 e. The number of aryl methyl sites for hydroxylation is 2. The standard InChI is InChI=1S/C29H23NO5/c1-18-12-19(2)14-22(13-18)35-27-16-34-26-15-21(10-11-24(26)29(27)32)33-17-28(31)30-25-9-5-7-20-6-3-4-8-23(20)25/h3-16H,17H2,1-2H3,(H,30,31). The first-order valence-electron chi connectivity index (χ1n) is 11.2. The molecule has 0 fully saturated rings. The molecule has 1 heterocycles. The molecule has 0 radical (unpaired) electrons. The van der Waals surface area contributed by atoms with Gasteiger partial charge in [-0.05, 0) is 60.7 Å². The van der Waals surface area contributed by atoms with Crippen LogP contribution < -0.4 is 20.2 Å². The molecule has 0 aliphatic rings. The summed E-state index contributed by atoms with van der Waals surface area (Å²) < 4.78 is 17.1. The van der Waals surface area contributed by atoms with Crippen LogP contribution in [0.1, 0.15) is 11.1 Å². The number of benzene rings is 4. The number of fused-ring (bicyclic) bond motifs is 2. The fraction of sp³-hybridized carbons (Fsp3) is 0.103. The molecular formula is C29H23NO5. The zero-order valence-corrected chi connectivity index (χ0v) is 19.3. The van der Waals surface area contributed by atoms with Gasteiger partial charge >= 0.3 is 0 Å². The van der Waals surface area contributed by atoms with Crippen LogP contribution >= 0.6 is 0 Å². The van der Waals surface area contributed by atoms with Crippen LogP contribution in [0.3, 0.4) is 0 Å². The number of hydrogen-bond donors (Lipinski definition) is 1. The highest BCUT2D eigenvalue weighted by atomic mass is 16.5. The molecule has 0 aliphatic heterocycles. The summed E-state index contributed by atoms with van der Waals surface area (Å²) in [5.41, 5.74) is 2.85. The first-order chi connectivity index (χ1) is 17.0. The van der Waals surface area contributed by atoms with Gasteiger partial charge in [0.2, 0.25) is 11.2 Å². The highest BCUT2D eigenvalue weighted by molar-refractivity contribution is 6.02. The Labute approximate surface area is 201 Å². The van der Waals surface area contributed by atoms with Gasteiger partial charge in [-0.2, -0.15) is 0 Å². The summed E-state index contributed by atoms with van der Waals surface area (Å²) >= 11 is 0. The molecule has 0 aliphatic carbocycles. The van der Waals surface area contributed by atoms with Crippen LogP contribution in [0.5, 0.6) is 17.2 Å². The first-order valence-corrected chi connectivity index (χ1v) is 11.2. The van der Waals surface area contributed by atoms with Crippen molar-refractivity contribution in [1.82, 2.24) is 0 Å². The molecule has 0 saturated heterocycles. The van der Waals surface area contributed by atoms with Gasteiger partial charge in [-0.15, -0.1) is 0 Å². The van der Waals surface area contributed by atoms with Crippen molar-refractivity contribution in [1.29, 1.82) is 0 Å². The second-order valence-electron chi connectivity index (χ2n) is 8.38. The van der Waals surface area contributed by atoms with Crippen molar-refractivity contribution in [2.24, 2.45) is 0 Å². The molecule has 6 nitrogen and oxygen atoms in total. The number of amides is 1. The molecular weight excluding hydrogens is 442 g/mol. The fourth-order valence-corrected chi connectivity index (χ4v) is 4.04. The quantitative estimate of drug-likeness (QED) is 0.315. The van der Waals surface area contributed by atoms with E-state index in [4.69, 9.17) is 13.9 Å². The molecule has 1 N–H and O–H groups in total. The van der Waals surface area contributed by atoms with E-state index >= 15 is 0 Å². The maximum Gasteiger partial charge on any atom is 0.262 e. The molecule has 5 rings (SSSR count). The Balaban J connectivity index is 1.29. The number of carbonyl (C=O) groups excluding carboxylic acids is 1. The van der Waals surface area contributed by atoms with E-state index in [0.29, 0.717) is 22.5 Å². The van der Waals surface area contributed by atoms with Gasteiger partial charge < -0.3 is 19.2 Å². The van der Waals surface area contributed by atoms with E-state index in [1.54, 1.807) is 18.2 Å². The Morgan fingerprint density at radius 2 is 1.63 bits per heavy atom. The lowest BCUT2D eigenvalue weighted by Gasteiger charge is -2.10. The van der Waals surface area contributed by atoms with Gasteiger partial charge in [0, 0.05) is 17.1 Å². The van der Waals surface area contributed by atoms with Crippen LogP contribution in [0.15, 0.2) is 94.3 Å². The number of rotatable bonds is 6. The van der Waals surface area contributed by atoms with Crippen LogP contribution in [0.4, 0.5) is 5.69 Å². The van der Waals surface area contributed by atoms with E-state index in [1.165, 1.54) is 6.26 Å². The highest BCUT2D eigenvalue weighted by Crippen LogP contribution is 2.26. The predicted molar refractivity (Wildman–Crippen MR) is 137 cm³/mol. The lowest BCUT2D eigenvalue weighted by molar-refractivity contribution is -0.118. The summed E-state index contributed by atoms with van der Waals surface area (Å²) in [7, 11) is 0. The molecule has 0 unspecified atom stereocenters. The van der Waals surface area contributed by atoms with Gasteiger partial charge in [-0.1, -0.05) is 42.5 Å². The fourth-order valence-electron chi connectivity index (χ4n) is 4.04. The van der Waals surface area contributed by atoms with Crippen LogP contribution in [-0.2, 0) is 4.79 Å². The number of carbonyl (C=O) groups is 1. The van der Waals surface area contributed by atoms with E-state index in [0.717, 1.165) is 27.6 Å². The van der Waals surface area contributed by atoms with Gasteiger partial charge in [0.05, 0.1) is 5.39 Å². The number of ether oxygens (including phenoxy) is 2. The Morgan fingerprint density at radius 1 is 0.857 bits per heavy atom. The van der Waals surface area contributed by atoms with Crippen molar-refractivity contribution in [3.8, 4) is 17.2 Å². The second-order valence-corrected chi connectivity index (χ2v) is 8.38. The monoisotopic (exact) mass is 465 g/mol. The summed E-state index contributed by atoms with van der Waals surface area (Å²) in [6.07, 6.45) is 1.29. The molecule has 1 amide bonds. The van der Waals surface area contributed by atoms with E-state index in [2.05, 4.69) is 5.32 Å². The zero-order chi connectivity index (χ0) is 24.4. The summed E-state index contributed by atoms with van der Waals surface area (Å²) in [4.78, 5) is 25.4. The Kier molecular flexibility index (Phi) is 5.94. The third kappa shape index (κ3) is 4.87. The van der Waals surface area contributed by atoms with E-state index < -0.39 is 0 Å². The van der Waals surface area contributed by atoms with Crippen molar-refractivity contribution in [2.45, 2.75) is 13.8 Å². The zero-order valence-electron chi connectivity index (χ0n) is 19.3. The minimum absolute atomic E-state index is 0.102. The Hall–Kier alpha value is -4.58. The molecule has 5 aromatic rings. The van der Waals surface area contributed by atoms with Crippen molar-refractivity contribution in [2.75, 3.05) is 11.9 Å². The summed E-state index contributed by atoms with van der Waals surface area (Å²) in [6, 6.07) is 24.1. The van der Waals surface area contributed by atoms with Crippen LogP contribution in [0.25, 0.3) is 21.7 Å². The van der Waals surface area contributed by atoms with Gasteiger partial charge in [0.25, 0.3) is 5.91 Å². The first kappa shape index (κ1) is 22.2. The lowest BCUT2D eigenvalue weighted by Crippen LogP contribution is -2.20. The van der Waals surface area contributed by atoms with Crippen molar-refractivity contribution >= 4 is 33.3 Å². The molecule has 0 saturated carbocycles. The average Bonchev–Trinajstić information content (AvgIpc) is 2.84. The van der Waals surface area contributed by atoms with E-state index in [1.807, 2.05) is 74.5 Å². The summed E-state index contributed by atoms with van der Waals surface area (Å²) in [5.74, 6) is 0.800. The predicted octanol–water partition coefficient (Wildman–Crippen LogP) is 6.37. The average molecular weight is 466 g/mol. The largest absolute Gasteiger partial charge is 0.484 e. The summed E-state index contributed by atoms with van der Waals surface area (Å²) in [5, 5.41) is 5.24. The normalized spacial score (nSPS) is 10.9. The molecule has 1 aromatic heterocycles. The van der Waals surface area contributed by atoms with Gasteiger partial charge in [0.15, 0.2) is 6.61 Å². The van der Waals surface area contributed by atoms with E-state index in [-0.39, 0.29) is 23.7 Å². The molecule has 35 heavy (non-hydrogen) atoms. The third-order valence-corrected chi connectivity index (χ3v) is 5.57. The Bertz CT molecular complexity index is 1590. The van der Waals surface area contributed by atoms with Crippen LogP contribution in [-0.4, -0.2) is 12.5 Å². The highest BCUT2D eigenvalue weighted by Gasteiger charge is 2.12. The molecule has 0 bridgehead atoms. The van der Waals surface area contributed by atoms with Crippen LogP contribution in [0, 0.1) is 13.8 Å². The number of hydrogen-bond acceptors (Lipinski definition) is 5. The molecule has 0 spiro atoms. The van der Waals surface area contributed by atoms with Crippen molar-refractivity contribution in [3.05, 3.63) is 106 Å². The Morgan fingerprint density at radius 3 is 2.46 bits per heavy atom. The number of anilines is 1. The topological polar surface area (TPSA) is 77.8 Å². The molecule has 6 heteroatoms. The minimum atomic E-state index is -0.292. The van der Waals surface area contributed by atoms with E-state index in [9.17, 15) is 9.59 Å². The minimum Gasteiger partial charge on any atom is -0.484 e. The SMILES string of the molecule is Cc1cc(C)cc(Oc2coc3cc(OCC(=O)Nc4cccc5ccccc45)ccc3c2=O)c1. The second kappa shape index (κ2) is 9.35. The van der Waals surface area contributed by atoms with Crippen molar-refractivity contribution in [3.63, 3.8) is 0 Å². The molecule has 174 valence electrons. The third-order valence-electron chi connectivity index (χ3n) is 5.57. The van der Waals surface area contributed by atoms with Gasteiger partial charge in [-0.3, -0.25) is 9.59 Å². The number of nitrogens with one attached hydrogen (secondary N) is 1. The maximum absolute atomic E-state index is 12.9. The van der Waals surface area contributed by atoms with Gasteiger partial charge in [0.1, 0.15) is 23.3 Å². The van der Waals surface area contributed by atoms with Gasteiger partial charge in [-0.25, -0.2) is 0 Å². The lowest BCUT2D eigenvalue weighted by atomic mass is 10.1. The molecule has 0 atom stereocenters. The molecule has 4 aromatic carbocycles. The maximum atomic E-state index is 12.9. The van der Waals surface area contributed by atoms with Crippen molar-refractivity contribution < 1.29 is 18.7 Å².